The molecule has 2 aromatic rings. The number of pyridine rings is 1. The largest absolute Gasteiger partial charge is 0.479 e. The Morgan fingerprint density at radius 2 is 2.14 bits per heavy atom. The molecule has 2 heterocycles. The summed E-state index contributed by atoms with van der Waals surface area (Å²) < 4.78 is 5.87. The van der Waals surface area contributed by atoms with E-state index in [0.717, 1.165) is 9.86 Å². The van der Waals surface area contributed by atoms with Crippen LogP contribution in [0.4, 0.5) is 0 Å². The molecular formula is C8H5BrClN3O. The third-order valence-corrected chi connectivity index (χ3v) is 2.52. The maximum absolute atomic E-state index is 5.68. The van der Waals surface area contributed by atoms with Gasteiger partial charge in [0.05, 0.1) is 7.11 Å². The van der Waals surface area contributed by atoms with Crippen molar-refractivity contribution in [2.45, 2.75) is 0 Å². The summed E-state index contributed by atoms with van der Waals surface area (Å²) in [6, 6.07) is 0. The molecule has 0 aliphatic rings. The lowest BCUT2D eigenvalue weighted by Gasteiger charge is -2.04. The SMILES string of the molecule is COc1ncc(Br)c2cnc(Cl)nc12. The van der Waals surface area contributed by atoms with E-state index in [-0.39, 0.29) is 5.28 Å². The Kier molecular flexibility index (Phi) is 2.52. The fraction of sp³-hybridized carbons (Fsp3) is 0.125. The fourth-order valence-corrected chi connectivity index (χ4v) is 1.62. The van der Waals surface area contributed by atoms with Crippen LogP contribution in [0.5, 0.6) is 5.88 Å². The quantitative estimate of drug-likeness (QED) is 0.750. The van der Waals surface area contributed by atoms with E-state index < -0.39 is 0 Å². The molecule has 0 aliphatic heterocycles. The number of hydrogen-bond acceptors (Lipinski definition) is 4. The van der Waals surface area contributed by atoms with Crippen LogP contribution in [0, 0.1) is 0 Å². The zero-order valence-corrected chi connectivity index (χ0v) is 9.50. The van der Waals surface area contributed by atoms with E-state index in [4.69, 9.17) is 16.3 Å². The minimum atomic E-state index is 0.177. The molecule has 0 amide bonds. The second kappa shape index (κ2) is 3.67. The van der Waals surface area contributed by atoms with E-state index in [1.54, 1.807) is 12.4 Å². The molecule has 4 nitrogen and oxygen atoms in total. The molecule has 72 valence electrons. The second-order valence-electron chi connectivity index (χ2n) is 2.52. The lowest BCUT2D eigenvalue weighted by atomic mass is 10.3. The van der Waals surface area contributed by atoms with Gasteiger partial charge in [0, 0.05) is 22.3 Å². The van der Waals surface area contributed by atoms with Gasteiger partial charge in [0.15, 0.2) is 0 Å². The van der Waals surface area contributed by atoms with Crippen LogP contribution in [-0.4, -0.2) is 22.1 Å². The van der Waals surface area contributed by atoms with Crippen LogP contribution in [0.1, 0.15) is 0 Å². The Hall–Kier alpha value is -0.940. The van der Waals surface area contributed by atoms with Gasteiger partial charge in [0.25, 0.3) is 0 Å². The van der Waals surface area contributed by atoms with Gasteiger partial charge in [-0.25, -0.2) is 15.0 Å². The van der Waals surface area contributed by atoms with E-state index in [1.807, 2.05) is 0 Å². The zero-order valence-electron chi connectivity index (χ0n) is 7.16. The first-order valence-corrected chi connectivity index (χ1v) is 4.90. The van der Waals surface area contributed by atoms with Crippen LogP contribution in [0.3, 0.4) is 0 Å². The fourth-order valence-electron chi connectivity index (χ4n) is 1.09. The Bertz CT molecular complexity index is 491. The van der Waals surface area contributed by atoms with Gasteiger partial charge in [-0.1, -0.05) is 0 Å². The minimum absolute atomic E-state index is 0.177. The number of rotatable bonds is 1. The first-order chi connectivity index (χ1) is 6.72. The maximum Gasteiger partial charge on any atom is 0.240 e. The van der Waals surface area contributed by atoms with Gasteiger partial charge in [-0.15, -0.1) is 0 Å². The first kappa shape index (κ1) is 9.61. The third kappa shape index (κ3) is 1.53. The highest BCUT2D eigenvalue weighted by Gasteiger charge is 2.08. The molecule has 0 saturated heterocycles. The van der Waals surface area contributed by atoms with Gasteiger partial charge in [0.2, 0.25) is 11.2 Å². The summed E-state index contributed by atoms with van der Waals surface area (Å²) in [7, 11) is 1.53. The van der Waals surface area contributed by atoms with Crippen molar-refractivity contribution >= 4 is 38.4 Å². The normalized spacial score (nSPS) is 10.5. The summed E-state index contributed by atoms with van der Waals surface area (Å²) in [6.07, 6.45) is 3.26. The van der Waals surface area contributed by atoms with Crippen LogP contribution >= 0.6 is 27.5 Å². The summed E-state index contributed by atoms with van der Waals surface area (Å²) in [5.41, 5.74) is 0.599. The molecule has 0 saturated carbocycles. The molecular weight excluding hydrogens is 269 g/mol. The predicted molar refractivity (Wildman–Crippen MR) is 56.6 cm³/mol. The van der Waals surface area contributed by atoms with E-state index in [0.29, 0.717) is 11.4 Å². The number of aromatic nitrogens is 3. The molecule has 0 radical (unpaired) electrons. The standard InChI is InChI=1S/C8H5BrClN3O/c1-14-7-6-4(5(9)3-11-7)2-12-8(10)13-6/h2-3H,1H3. The molecule has 2 aromatic heterocycles. The predicted octanol–water partition coefficient (Wildman–Crippen LogP) is 2.45. The van der Waals surface area contributed by atoms with E-state index >= 15 is 0 Å². The molecule has 0 spiro atoms. The number of ether oxygens (including phenoxy) is 1. The highest BCUT2D eigenvalue weighted by atomic mass is 79.9. The Morgan fingerprint density at radius 1 is 1.36 bits per heavy atom. The Balaban J connectivity index is 2.85. The molecule has 0 atom stereocenters. The summed E-state index contributed by atoms with van der Waals surface area (Å²) in [5, 5.41) is 0.997. The number of hydrogen-bond donors (Lipinski definition) is 0. The van der Waals surface area contributed by atoms with Crippen LogP contribution in [0.15, 0.2) is 16.9 Å². The molecule has 0 N–H and O–H groups in total. The topological polar surface area (TPSA) is 47.9 Å². The molecule has 2 rings (SSSR count). The Morgan fingerprint density at radius 3 is 2.86 bits per heavy atom. The van der Waals surface area contributed by atoms with Crippen molar-refractivity contribution in [3.05, 3.63) is 22.1 Å². The first-order valence-electron chi connectivity index (χ1n) is 3.73. The van der Waals surface area contributed by atoms with Gasteiger partial charge < -0.3 is 4.74 Å². The number of methoxy groups -OCH3 is 1. The van der Waals surface area contributed by atoms with E-state index in [9.17, 15) is 0 Å². The van der Waals surface area contributed by atoms with Gasteiger partial charge in [-0.2, -0.15) is 0 Å². The van der Waals surface area contributed by atoms with Crippen molar-refractivity contribution in [1.29, 1.82) is 0 Å². The number of fused-ring (bicyclic) bond motifs is 1. The van der Waals surface area contributed by atoms with Gasteiger partial charge in [-0.3, -0.25) is 0 Å². The molecule has 6 heteroatoms. The van der Waals surface area contributed by atoms with Crippen molar-refractivity contribution in [2.75, 3.05) is 7.11 Å². The lowest BCUT2D eigenvalue weighted by Crippen LogP contribution is -1.93. The number of nitrogens with zero attached hydrogens (tertiary/aromatic N) is 3. The van der Waals surface area contributed by atoms with Crippen molar-refractivity contribution in [1.82, 2.24) is 15.0 Å². The second-order valence-corrected chi connectivity index (χ2v) is 3.71. The smallest absolute Gasteiger partial charge is 0.240 e. The third-order valence-electron chi connectivity index (χ3n) is 1.71. The summed E-state index contributed by atoms with van der Waals surface area (Å²) in [4.78, 5) is 12.0. The summed E-state index contributed by atoms with van der Waals surface area (Å²) in [5.74, 6) is 0.438. The summed E-state index contributed by atoms with van der Waals surface area (Å²) >= 11 is 9.02. The van der Waals surface area contributed by atoms with Gasteiger partial charge in [-0.05, 0) is 27.5 Å². The monoisotopic (exact) mass is 273 g/mol. The van der Waals surface area contributed by atoms with Crippen molar-refractivity contribution in [2.24, 2.45) is 0 Å². The highest BCUT2D eigenvalue weighted by Crippen LogP contribution is 2.27. The summed E-state index contributed by atoms with van der Waals surface area (Å²) in [6.45, 7) is 0. The molecule has 0 fully saturated rings. The lowest BCUT2D eigenvalue weighted by molar-refractivity contribution is 0.402. The van der Waals surface area contributed by atoms with Crippen molar-refractivity contribution in [3.63, 3.8) is 0 Å². The Labute approximate surface area is 93.4 Å². The van der Waals surface area contributed by atoms with Crippen molar-refractivity contribution < 1.29 is 4.74 Å². The molecule has 0 bridgehead atoms. The molecule has 0 unspecified atom stereocenters. The van der Waals surface area contributed by atoms with Gasteiger partial charge >= 0.3 is 0 Å². The minimum Gasteiger partial charge on any atom is -0.479 e. The molecule has 0 aromatic carbocycles. The van der Waals surface area contributed by atoms with Crippen LogP contribution in [-0.2, 0) is 0 Å². The van der Waals surface area contributed by atoms with Crippen LogP contribution < -0.4 is 4.74 Å². The van der Waals surface area contributed by atoms with Gasteiger partial charge in [0.1, 0.15) is 5.52 Å². The maximum atomic E-state index is 5.68. The van der Waals surface area contributed by atoms with E-state index in [2.05, 4.69) is 30.9 Å². The van der Waals surface area contributed by atoms with E-state index in [1.165, 1.54) is 7.11 Å². The average Bonchev–Trinajstić information content (AvgIpc) is 2.18. The van der Waals surface area contributed by atoms with Crippen LogP contribution in [0.25, 0.3) is 10.9 Å². The van der Waals surface area contributed by atoms with Crippen molar-refractivity contribution in [3.8, 4) is 5.88 Å². The zero-order chi connectivity index (χ0) is 10.1. The average molecular weight is 275 g/mol. The van der Waals surface area contributed by atoms with Crippen LogP contribution in [0.2, 0.25) is 5.28 Å². The molecule has 0 aliphatic carbocycles. The molecule has 14 heavy (non-hydrogen) atoms. The number of halogens is 2. The highest BCUT2D eigenvalue weighted by molar-refractivity contribution is 9.10.